The quantitative estimate of drug-likeness (QED) is 0.743. The monoisotopic (exact) mass is 368 g/mol. The minimum atomic E-state index is -0.691. The molecule has 0 aliphatic heterocycles. The average Bonchev–Trinajstić information content (AvgIpc) is 2.38. The van der Waals surface area contributed by atoms with E-state index >= 15 is 0 Å². The maximum atomic E-state index is 10.4. The molecule has 4 heteroatoms. The Morgan fingerprint density at radius 1 is 0.722 bits per heavy atom. The van der Waals surface area contributed by atoms with E-state index in [0.717, 1.165) is 31.2 Å². The predicted octanol–water partition coefficient (Wildman–Crippen LogP) is 3.69. The molecule has 0 spiro atoms. The molecule has 2 aromatic rings. The number of benzene rings is 2. The standard InChI is InChI=1S/C14H10Br2O2/c15-11-5-9-10(6-12(11)16)14(18)8-4-2-1-3-7(8)13(9)17/h1-6,13-14,17-18H. The van der Waals surface area contributed by atoms with Crippen LogP contribution in [-0.4, -0.2) is 10.2 Å². The van der Waals surface area contributed by atoms with Gasteiger partial charge in [-0.15, -0.1) is 0 Å². The van der Waals surface area contributed by atoms with Crippen molar-refractivity contribution in [1.29, 1.82) is 0 Å². The van der Waals surface area contributed by atoms with Gasteiger partial charge in [0, 0.05) is 8.95 Å². The van der Waals surface area contributed by atoms with Crippen molar-refractivity contribution in [2.75, 3.05) is 0 Å². The summed E-state index contributed by atoms with van der Waals surface area (Å²) in [5.41, 5.74) is 3.03. The van der Waals surface area contributed by atoms with Gasteiger partial charge in [0.05, 0.1) is 0 Å². The second-order valence-corrected chi connectivity index (χ2v) is 6.04. The van der Waals surface area contributed by atoms with Gasteiger partial charge >= 0.3 is 0 Å². The third-order valence-corrected chi connectivity index (χ3v) is 5.14. The Morgan fingerprint density at radius 3 is 1.50 bits per heavy atom. The van der Waals surface area contributed by atoms with Gasteiger partial charge in [-0.3, -0.25) is 0 Å². The Kier molecular flexibility index (Phi) is 3.06. The summed E-state index contributed by atoms with van der Waals surface area (Å²) in [7, 11) is 0. The van der Waals surface area contributed by atoms with Crippen LogP contribution in [0.4, 0.5) is 0 Å². The van der Waals surface area contributed by atoms with Gasteiger partial charge in [0.1, 0.15) is 12.2 Å². The summed E-state index contributed by atoms with van der Waals surface area (Å²) in [4.78, 5) is 0. The highest BCUT2D eigenvalue weighted by Gasteiger charge is 2.30. The minimum Gasteiger partial charge on any atom is -0.384 e. The number of halogens is 2. The molecule has 2 nitrogen and oxygen atoms in total. The van der Waals surface area contributed by atoms with Gasteiger partial charge in [-0.25, -0.2) is 0 Å². The molecule has 0 saturated heterocycles. The molecule has 92 valence electrons. The van der Waals surface area contributed by atoms with Crippen LogP contribution in [-0.2, 0) is 0 Å². The van der Waals surface area contributed by atoms with E-state index in [-0.39, 0.29) is 0 Å². The molecule has 0 amide bonds. The molecule has 2 aromatic carbocycles. The molecule has 0 saturated carbocycles. The van der Waals surface area contributed by atoms with E-state index in [9.17, 15) is 10.2 Å². The maximum Gasteiger partial charge on any atom is 0.105 e. The molecule has 0 fully saturated rings. The lowest BCUT2D eigenvalue weighted by molar-refractivity contribution is 0.173. The summed E-state index contributed by atoms with van der Waals surface area (Å²) in [6, 6.07) is 11.1. The van der Waals surface area contributed by atoms with Crippen LogP contribution < -0.4 is 0 Å². The molecular weight excluding hydrogens is 360 g/mol. The van der Waals surface area contributed by atoms with E-state index in [4.69, 9.17) is 0 Å². The Labute approximate surface area is 122 Å². The van der Waals surface area contributed by atoms with Crippen LogP contribution >= 0.6 is 31.9 Å². The number of rotatable bonds is 0. The Morgan fingerprint density at radius 2 is 1.11 bits per heavy atom. The summed E-state index contributed by atoms with van der Waals surface area (Å²) in [5, 5.41) is 20.8. The molecule has 2 atom stereocenters. The second kappa shape index (κ2) is 4.46. The fourth-order valence-electron chi connectivity index (χ4n) is 2.40. The van der Waals surface area contributed by atoms with Crippen LogP contribution in [0.1, 0.15) is 34.5 Å². The first kappa shape index (κ1) is 12.4. The van der Waals surface area contributed by atoms with Crippen molar-refractivity contribution in [3.8, 4) is 0 Å². The molecule has 0 radical (unpaired) electrons. The van der Waals surface area contributed by atoms with Gasteiger partial charge in [-0.2, -0.15) is 0 Å². The topological polar surface area (TPSA) is 40.5 Å². The van der Waals surface area contributed by atoms with Crippen molar-refractivity contribution < 1.29 is 10.2 Å². The zero-order valence-corrected chi connectivity index (χ0v) is 12.4. The Balaban J connectivity index is 2.27. The average molecular weight is 370 g/mol. The van der Waals surface area contributed by atoms with Crippen LogP contribution in [0.5, 0.6) is 0 Å². The fourth-order valence-corrected chi connectivity index (χ4v) is 3.12. The summed E-state index contributed by atoms with van der Waals surface area (Å²) in [6.45, 7) is 0. The molecule has 0 bridgehead atoms. The third kappa shape index (κ3) is 1.75. The SMILES string of the molecule is OC1c2ccccc2C(O)c2cc(Br)c(Br)cc21. The Bertz CT molecular complexity index is 571. The molecule has 2 N–H and O–H groups in total. The second-order valence-electron chi connectivity index (χ2n) is 4.33. The van der Waals surface area contributed by atoms with Crippen LogP contribution in [0.15, 0.2) is 45.3 Å². The molecule has 1 aliphatic rings. The van der Waals surface area contributed by atoms with E-state index in [2.05, 4.69) is 31.9 Å². The van der Waals surface area contributed by atoms with Gasteiger partial charge in [-0.1, -0.05) is 24.3 Å². The first-order valence-corrected chi connectivity index (χ1v) is 7.12. The summed E-state index contributed by atoms with van der Waals surface area (Å²) >= 11 is 6.84. The fraction of sp³-hybridized carbons (Fsp3) is 0.143. The van der Waals surface area contributed by atoms with Crippen LogP contribution in [0, 0.1) is 0 Å². The van der Waals surface area contributed by atoms with E-state index < -0.39 is 12.2 Å². The summed E-state index contributed by atoms with van der Waals surface area (Å²) in [5.74, 6) is 0. The van der Waals surface area contributed by atoms with Crippen LogP contribution in [0.3, 0.4) is 0 Å². The number of hydrogen-bond acceptors (Lipinski definition) is 2. The normalized spacial score (nSPS) is 21.3. The molecule has 1 aliphatic carbocycles. The lowest BCUT2D eigenvalue weighted by Crippen LogP contribution is -2.17. The van der Waals surface area contributed by atoms with Crippen molar-refractivity contribution in [2.45, 2.75) is 12.2 Å². The van der Waals surface area contributed by atoms with Crippen molar-refractivity contribution >= 4 is 31.9 Å². The molecule has 0 heterocycles. The highest BCUT2D eigenvalue weighted by molar-refractivity contribution is 9.13. The predicted molar refractivity (Wildman–Crippen MR) is 76.4 cm³/mol. The number of fused-ring (bicyclic) bond motifs is 2. The first-order valence-electron chi connectivity index (χ1n) is 5.53. The van der Waals surface area contributed by atoms with Crippen LogP contribution in [0.2, 0.25) is 0 Å². The largest absolute Gasteiger partial charge is 0.384 e. The van der Waals surface area contributed by atoms with Gasteiger partial charge in [0.2, 0.25) is 0 Å². The first-order chi connectivity index (χ1) is 8.59. The summed E-state index contributed by atoms with van der Waals surface area (Å²) in [6.07, 6.45) is -1.38. The number of hydrogen-bond donors (Lipinski definition) is 2. The van der Waals surface area contributed by atoms with E-state index in [1.807, 2.05) is 36.4 Å². The molecule has 2 unspecified atom stereocenters. The van der Waals surface area contributed by atoms with Crippen molar-refractivity contribution in [3.63, 3.8) is 0 Å². The minimum absolute atomic E-state index is 0.691. The van der Waals surface area contributed by atoms with Gasteiger partial charge in [-0.05, 0) is 66.2 Å². The highest BCUT2D eigenvalue weighted by Crippen LogP contribution is 2.43. The van der Waals surface area contributed by atoms with E-state index in [1.54, 1.807) is 0 Å². The van der Waals surface area contributed by atoms with Gasteiger partial charge in [0.25, 0.3) is 0 Å². The zero-order chi connectivity index (χ0) is 12.9. The number of aliphatic hydroxyl groups excluding tert-OH is 2. The van der Waals surface area contributed by atoms with Gasteiger partial charge < -0.3 is 10.2 Å². The van der Waals surface area contributed by atoms with Crippen molar-refractivity contribution in [3.05, 3.63) is 67.6 Å². The molecular formula is C14H10Br2O2. The van der Waals surface area contributed by atoms with Crippen molar-refractivity contribution in [2.24, 2.45) is 0 Å². The van der Waals surface area contributed by atoms with E-state index in [0.29, 0.717) is 0 Å². The van der Waals surface area contributed by atoms with Gasteiger partial charge in [0.15, 0.2) is 0 Å². The molecule has 0 aromatic heterocycles. The van der Waals surface area contributed by atoms with E-state index in [1.165, 1.54) is 0 Å². The highest BCUT2D eigenvalue weighted by atomic mass is 79.9. The maximum absolute atomic E-state index is 10.4. The van der Waals surface area contributed by atoms with Crippen LogP contribution in [0.25, 0.3) is 0 Å². The zero-order valence-electron chi connectivity index (χ0n) is 9.27. The number of aliphatic hydroxyl groups is 2. The lowest BCUT2D eigenvalue weighted by Gasteiger charge is -2.29. The van der Waals surface area contributed by atoms with Crippen molar-refractivity contribution in [1.82, 2.24) is 0 Å². The molecule has 3 rings (SSSR count). The third-order valence-electron chi connectivity index (χ3n) is 3.30. The summed E-state index contributed by atoms with van der Waals surface area (Å²) < 4.78 is 1.73. The smallest absolute Gasteiger partial charge is 0.105 e. The molecule has 18 heavy (non-hydrogen) atoms. The Hall–Kier alpha value is -0.680. The lowest BCUT2D eigenvalue weighted by atomic mass is 9.82.